The summed E-state index contributed by atoms with van der Waals surface area (Å²) in [7, 11) is 0. The molecule has 1 aliphatic heterocycles. The van der Waals surface area contributed by atoms with E-state index >= 15 is 0 Å². The molecule has 1 aromatic carbocycles. The van der Waals surface area contributed by atoms with Crippen LogP contribution in [-0.2, 0) is 4.74 Å². The number of hydrogen-bond donors (Lipinski definition) is 1. The Kier molecular flexibility index (Phi) is 4.70. The molecule has 2 aromatic rings. The molecular weight excluding hydrogens is 298 g/mol. The fraction of sp³-hybridized carbons (Fsp3) is 0.375. The lowest BCUT2D eigenvalue weighted by Crippen LogP contribution is -2.50. The molecule has 22 heavy (non-hydrogen) atoms. The van der Waals surface area contributed by atoms with Crippen LogP contribution in [0.5, 0.6) is 0 Å². The molecule has 1 aliphatic rings. The Labute approximate surface area is 133 Å². The summed E-state index contributed by atoms with van der Waals surface area (Å²) in [5.41, 5.74) is 1.81. The molecule has 1 atom stereocenters. The van der Waals surface area contributed by atoms with Crippen LogP contribution in [0.2, 0.25) is 0 Å². The number of benzene rings is 1. The van der Waals surface area contributed by atoms with Crippen molar-refractivity contribution in [3.63, 3.8) is 0 Å². The van der Waals surface area contributed by atoms with Gasteiger partial charge in [0.15, 0.2) is 0 Å². The molecule has 1 saturated heterocycles. The Morgan fingerprint density at radius 1 is 1.55 bits per heavy atom. The third-order valence-corrected chi connectivity index (χ3v) is 4.57. The highest BCUT2D eigenvalue weighted by Crippen LogP contribution is 2.24. The molecule has 0 aliphatic carbocycles. The van der Waals surface area contributed by atoms with Gasteiger partial charge in [-0.2, -0.15) is 0 Å². The zero-order valence-corrected chi connectivity index (χ0v) is 13.3. The molecule has 0 bridgehead atoms. The Morgan fingerprint density at radius 3 is 3.23 bits per heavy atom. The van der Waals surface area contributed by atoms with Crippen molar-refractivity contribution in [2.45, 2.75) is 19.4 Å². The van der Waals surface area contributed by atoms with Gasteiger partial charge in [0.25, 0.3) is 0 Å². The number of carbonyl (C=O) groups is 1. The molecule has 5 nitrogen and oxygen atoms in total. The lowest BCUT2D eigenvalue weighted by atomic mass is 10.2. The SMILES string of the molecule is CC[C@H]1COCCN1C(=O)Nc1cccc(-c2nccs2)c1. The number of rotatable bonds is 3. The minimum absolute atomic E-state index is 0.0635. The Bertz CT molecular complexity index is 630. The lowest BCUT2D eigenvalue weighted by molar-refractivity contribution is 0.0144. The maximum absolute atomic E-state index is 12.5. The zero-order chi connectivity index (χ0) is 15.4. The van der Waals surface area contributed by atoms with Crippen molar-refractivity contribution >= 4 is 23.1 Å². The molecule has 0 saturated carbocycles. The highest BCUT2D eigenvalue weighted by molar-refractivity contribution is 7.13. The molecule has 1 fully saturated rings. The summed E-state index contributed by atoms with van der Waals surface area (Å²) in [6.45, 7) is 3.92. The summed E-state index contributed by atoms with van der Waals surface area (Å²) in [5, 5.41) is 5.88. The van der Waals surface area contributed by atoms with E-state index in [1.165, 1.54) is 0 Å². The normalized spacial score (nSPS) is 18.2. The van der Waals surface area contributed by atoms with Crippen LogP contribution in [-0.4, -0.2) is 41.7 Å². The van der Waals surface area contributed by atoms with Crippen LogP contribution >= 0.6 is 11.3 Å². The van der Waals surface area contributed by atoms with Crippen LogP contribution in [0.1, 0.15) is 13.3 Å². The van der Waals surface area contributed by atoms with Crippen molar-refractivity contribution in [3.8, 4) is 10.6 Å². The van der Waals surface area contributed by atoms with E-state index in [0.29, 0.717) is 19.8 Å². The molecule has 3 rings (SSSR count). The van der Waals surface area contributed by atoms with Crippen LogP contribution in [0.25, 0.3) is 10.6 Å². The monoisotopic (exact) mass is 317 g/mol. The van der Waals surface area contributed by atoms with E-state index in [9.17, 15) is 4.79 Å². The molecule has 0 unspecified atom stereocenters. The summed E-state index contributed by atoms with van der Waals surface area (Å²) in [5.74, 6) is 0. The summed E-state index contributed by atoms with van der Waals surface area (Å²) in [6, 6.07) is 7.87. The predicted octanol–water partition coefficient (Wildman–Crippen LogP) is 3.45. The second-order valence-corrected chi connectivity index (χ2v) is 6.07. The average Bonchev–Trinajstić information content (AvgIpc) is 3.09. The van der Waals surface area contributed by atoms with Gasteiger partial charge in [-0.05, 0) is 18.6 Å². The van der Waals surface area contributed by atoms with Gasteiger partial charge < -0.3 is 15.0 Å². The summed E-state index contributed by atoms with van der Waals surface area (Å²) in [4.78, 5) is 18.6. The number of ether oxygens (including phenoxy) is 1. The summed E-state index contributed by atoms with van der Waals surface area (Å²) >= 11 is 1.58. The first kappa shape index (κ1) is 15.0. The minimum Gasteiger partial charge on any atom is -0.377 e. The van der Waals surface area contributed by atoms with Crippen molar-refractivity contribution in [1.29, 1.82) is 0 Å². The van der Waals surface area contributed by atoms with Gasteiger partial charge in [0, 0.05) is 29.4 Å². The van der Waals surface area contributed by atoms with Gasteiger partial charge in [-0.15, -0.1) is 11.3 Å². The lowest BCUT2D eigenvalue weighted by Gasteiger charge is -2.35. The van der Waals surface area contributed by atoms with E-state index in [1.807, 2.05) is 34.5 Å². The fourth-order valence-electron chi connectivity index (χ4n) is 2.55. The smallest absolute Gasteiger partial charge is 0.322 e. The standard InChI is InChI=1S/C16H19N3O2S/c1-2-14-11-21-8-7-19(14)16(20)18-13-5-3-4-12(10-13)15-17-6-9-22-15/h3-6,9-10,14H,2,7-8,11H2,1H3,(H,18,20)/t14-/m0/s1. The quantitative estimate of drug-likeness (QED) is 0.943. The molecule has 116 valence electrons. The highest BCUT2D eigenvalue weighted by atomic mass is 32.1. The van der Waals surface area contributed by atoms with Crippen LogP contribution in [0.4, 0.5) is 10.5 Å². The number of amides is 2. The van der Waals surface area contributed by atoms with Gasteiger partial charge >= 0.3 is 6.03 Å². The largest absolute Gasteiger partial charge is 0.377 e. The maximum Gasteiger partial charge on any atom is 0.322 e. The Balaban J connectivity index is 1.72. The second kappa shape index (κ2) is 6.89. The number of morpholine rings is 1. The second-order valence-electron chi connectivity index (χ2n) is 5.18. The molecule has 2 heterocycles. The van der Waals surface area contributed by atoms with Crippen molar-refractivity contribution in [2.75, 3.05) is 25.1 Å². The third-order valence-electron chi connectivity index (χ3n) is 3.75. The number of thiazole rings is 1. The van der Waals surface area contributed by atoms with Crippen LogP contribution in [0.15, 0.2) is 35.8 Å². The van der Waals surface area contributed by atoms with E-state index in [1.54, 1.807) is 17.5 Å². The van der Waals surface area contributed by atoms with Crippen molar-refractivity contribution in [2.24, 2.45) is 0 Å². The summed E-state index contributed by atoms with van der Waals surface area (Å²) in [6.07, 6.45) is 2.68. The first-order valence-corrected chi connectivity index (χ1v) is 8.31. The number of anilines is 1. The molecule has 0 radical (unpaired) electrons. The number of urea groups is 1. The van der Waals surface area contributed by atoms with Crippen LogP contribution in [0.3, 0.4) is 0 Å². The van der Waals surface area contributed by atoms with Crippen molar-refractivity contribution in [3.05, 3.63) is 35.8 Å². The third kappa shape index (κ3) is 3.28. The van der Waals surface area contributed by atoms with Gasteiger partial charge in [-0.3, -0.25) is 0 Å². The zero-order valence-electron chi connectivity index (χ0n) is 12.5. The van der Waals surface area contributed by atoms with Gasteiger partial charge in [0.05, 0.1) is 19.3 Å². The molecule has 0 spiro atoms. The number of nitrogens with one attached hydrogen (secondary N) is 1. The van der Waals surface area contributed by atoms with E-state index in [4.69, 9.17) is 4.74 Å². The van der Waals surface area contributed by atoms with Crippen molar-refractivity contribution in [1.82, 2.24) is 9.88 Å². The summed E-state index contributed by atoms with van der Waals surface area (Å²) < 4.78 is 5.44. The highest BCUT2D eigenvalue weighted by Gasteiger charge is 2.25. The number of aromatic nitrogens is 1. The molecule has 2 amide bonds. The van der Waals surface area contributed by atoms with Gasteiger partial charge in [0.1, 0.15) is 5.01 Å². The number of nitrogens with zero attached hydrogens (tertiary/aromatic N) is 2. The first-order valence-electron chi connectivity index (χ1n) is 7.43. The Morgan fingerprint density at radius 2 is 2.45 bits per heavy atom. The molecular formula is C16H19N3O2S. The number of hydrogen-bond acceptors (Lipinski definition) is 4. The number of carbonyl (C=O) groups excluding carboxylic acids is 1. The fourth-order valence-corrected chi connectivity index (χ4v) is 3.19. The average molecular weight is 317 g/mol. The van der Waals surface area contributed by atoms with Gasteiger partial charge in [-0.25, -0.2) is 9.78 Å². The van der Waals surface area contributed by atoms with E-state index in [-0.39, 0.29) is 12.1 Å². The van der Waals surface area contributed by atoms with Gasteiger partial charge in [0.2, 0.25) is 0 Å². The van der Waals surface area contributed by atoms with Crippen LogP contribution in [0, 0.1) is 0 Å². The van der Waals surface area contributed by atoms with Crippen LogP contribution < -0.4 is 5.32 Å². The topological polar surface area (TPSA) is 54.5 Å². The van der Waals surface area contributed by atoms with E-state index < -0.39 is 0 Å². The molecule has 1 aromatic heterocycles. The minimum atomic E-state index is -0.0635. The van der Waals surface area contributed by atoms with Crippen molar-refractivity contribution < 1.29 is 9.53 Å². The van der Waals surface area contributed by atoms with E-state index in [0.717, 1.165) is 22.7 Å². The first-order chi connectivity index (χ1) is 10.8. The van der Waals surface area contributed by atoms with Gasteiger partial charge in [-0.1, -0.05) is 19.1 Å². The molecule has 6 heteroatoms. The predicted molar refractivity (Wildman–Crippen MR) is 88.2 cm³/mol. The van der Waals surface area contributed by atoms with E-state index in [2.05, 4.69) is 17.2 Å². The molecule has 1 N–H and O–H groups in total. The Hall–Kier alpha value is -1.92. The maximum atomic E-state index is 12.5.